The first kappa shape index (κ1) is 17.5. The van der Waals surface area contributed by atoms with Gasteiger partial charge in [-0.2, -0.15) is 0 Å². The van der Waals surface area contributed by atoms with Crippen molar-refractivity contribution < 1.29 is 14.6 Å². The molecule has 0 spiro atoms. The Hall–Kier alpha value is -1.55. The summed E-state index contributed by atoms with van der Waals surface area (Å²) in [5.74, 6) is 0.799. The van der Waals surface area contributed by atoms with Gasteiger partial charge in [0.15, 0.2) is 0 Å². The molecule has 118 valence electrons. The van der Waals surface area contributed by atoms with Crippen LogP contribution in [0.3, 0.4) is 0 Å². The number of hydrogen-bond donors (Lipinski definition) is 2. The van der Waals surface area contributed by atoms with Gasteiger partial charge in [0, 0.05) is 13.0 Å². The second-order valence-corrected chi connectivity index (χ2v) is 5.25. The molecular weight excluding hydrogens is 266 g/mol. The third-order valence-electron chi connectivity index (χ3n) is 3.82. The van der Waals surface area contributed by atoms with Gasteiger partial charge in [-0.05, 0) is 37.8 Å². The number of carbonyl (C=O) groups is 1. The van der Waals surface area contributed by atoms with E-state index >= 15 is 0 Å². The van der Waals surface area contributed by atoms with Crippen LogP contribution in [0.1, 0.15) is 45.6 Å². The Morgan fingerprint density at radius 1 is 1.24 bits per heavy atom. The van der Waals surface area contributed by atoms with Crippen molar-refractivity contribution in [3.05, 3.63) is 29.8 Å². The molecule has 4 heteroatoms. The minimum atomic E-state index is -0.793. The summed E-state index contributed by atoms with van der Waals surface area (Å²) in [7, 11) is 0. The highest BCUT2D eigenvalue weighted by atomic mass is 16.5. The predicted octanol–water partition coefficient (Wildman–Crippen LogP) is 2.69. The molecule has 4 nitrogen and oxygen atoms in total. The molecule has 0 bridgehead atoms. The maximum Gasteiger partial charge on any atom is 0.220 e. The fourth-order valence-corrected chi connectivity index (χ4v) is 2.11. The van der Waals surface area contributed by atoms with Gasteiger partial charge in [0.25, 0.3) is 0 Å². The van der Waals surface area contributed by atoms with E-state index in [1.165, 1.54) is 0 Å². The first-order chi connectivity index (χ1) is 10.0. The number of ether oxygens (including phenoxy) is 1. The van der Waals surface area contributed by atoms with E-state index in [1.54, 1.807) is 0 Å². The normalized spacial score (nSPS) is 11.2. The Kier molecular flexibility index (Phi) is 7.23. The van der Waals surface area contributed by atoms with Crippen LogP contribution < -0.4 is 10.1 Å². The van der Waals surface area contributed by atoms with Gasteiger partial charge in [0.2, 0.25) is 5.91 Å². The Balaban J connectivity index is 2.46. The van der Waals surface area contributed by atoms with Crippen molar-refractivity contribution >= 4 is 5.91 Å². The maximum atomic E-state index is 11.9. The molecular formula is C17H27NO3. The Morgan fingerprint density at radius 3 is 2.52 bits per heavy atom. The van der Waals surface area contributed by atoms with Gasteiger partial charge in [-0.15, -0.1) is 0 Å². The van der Waals surface area contributed by atoms with Gasteiger partial charge < -0.3 is 15.2 Å². The number of aryl methyl sites for hydroxylation is 1. The van der Waals surface area contributed by atoms with Crippen molar-refractivity contribution in [2.24, 2.45) is 0 Å². The van der Waals surface area contributed by atoms with E-state index in [0.29, 0.717) is 38.8 Å². The quantitative estimate of drug-likeness (QED) is 0.736. The molecule has 0 aliphatic rings. The van der Waals surface area contributed by atoms with Crippen molar-refractivity contribution in [1.29, 1.82) is 0 Å². The molecule has 0 atom stereocenters. The highest BCUT2D eigenvalue weighted by molar-refractivity contribution is 5.76. The standard InChI is InChI=1S/C17H27NO3/c1-4-17(20,5-2)13-18-16(19)12-11-14-9-7-8-10-15(14)21-6-3/h7-10,20H,4-6,11-13H2,1-3H3,(H,18,19). The van der Waals surface area contributed by atoms with Crippen LogP contribution in [0.15, 0.2) is 24.3 Å². The molecule has 0 aliphatic heterocycles. The highest BCUT2D eigenvalue weighted by Gasteiger charge is 2.22. The van der Waals surface area contributed by atoms with Crippen molar-refractivity contribution in [1.82, 2.24) is 5.32 Å². The lowest BCUT2D eigenvalue weighted by molar-refractivity contribution is -0.122. The minimum Gasteiger partial charge on any atom is -0.494 e. The number of nitrogens with one attached hydrogen (secondary N) is 1. The van der Waals surface area contributed by atoms with E-state index in [0.717, 1.165) is 11.3 Å². The number of rotatable bonds is 9. The number of benzene rings is 1. The lowest BCUT2D eigenvalue weighted by atomic mass is 9.97. The third-order valence-corrected chi connectivity index (χ3v) is 3.82. The molecule has 1 rings (SSSR count). The molecule has 0 fully saturated rings. The summed E-state index contributed by atoms with van der Waals surface area (Å²) in [5.41, 5.74) is 0.245. The monoisotopic (exact) mass is 293 g/mol. The molecule has 0 saturated heterocycles. The summed E-state index contributed by atoms with van der Waals surface area (Å²) in [5, 5.41) is 13.0. The Bertz CT molecular complexity index is 441. The van der Waals surface area contributed by atoms with Crippen LogP contribution in [0.25, 0.3) is 0 Å². The van der Waals surface area contributed by atoms with E-state index in [-0.39, 0.29) is 5.91 Å². The number of carbonyl (C=O) groups excluding carboxylic acids is 1. The number of aliphatic hydroxyl groups is 1. The summed E-state index contributed by atoms with van der Waals surface area (Å²) in [6.45, 7) is 6.72. The smallest absolute Gasteiger partial charge is 0.220 e. The summed E-state index contributed by atoms with van der Waals surface area (Å²) in [4.78, 5) is 11.9. The van der Waals surface area contributed by atoms with Crippen LogP contribution in [0.2, 0.25) is 0 Å². The van der Waals surface area contributed by atoms with E-state index in [4.69, 9.17) is 4.74 Å². The molecule has 0 aliphatic carbocycles. The van der Waals surface area contributed by atoms with Gasteiger partial charge in [0.05, 0.1) is 12.2 Å². The van der Waals surface area contributed by atoms with E-state index < -0.39 is 5.60 Å². The average molecular weight is 293 g/mol. The second kappa shape index (κ2) is 8.67. The first-order valence-electron chi connectivity index (χ1n) is 7.74. The van der Waals surface area contributed by atoms with Crippen LogP contribution in [0.4, 0.5) is 0 Å². The van der Waals surface area contributed by atoms with Gasteiger partial charge in [-0.3, -0.25) is 4.79 Å². The summed E-state index contributed by atoms with van der Waals surface area (Å²) >= 11 is 0. The lowest BCUT2D eigenvalue weighted by Crippen LogP contribution is -2.42. The molecule has 21 heavy (non-hydrogen) atoms. The van der Waals surface area contributed by atoms with Gasteiger partial charge in [0.1, 0.15) is 5.75 Å². The molecule has 0 radical (unpaired) electrons. The summed E-state index contributed by atoms with van der Waals surface area (Å²) in [6.07, 6.45) is 2.31. The van der Waals surface area contributed by atoms with Crippen molar-refractivity contribution in [2.75, 3.05) is 13.2 Å². The van der Waals surface area contributed by atoms with Crippen LogP contribution in [0.5, 0.6) is 5.75 Å². The maximum absolute atomic E-state index is 11.9. The third kappa shape index (κ3) is 5.76. The SMILES string of the molecule is CCOc1ccccc1CCC(=O)NCC(O)(CC)CC. The summed E-state index contributed by atoms with van der Waals surface area (Å²) < 4.78 is 5.55. The largest absolute Gasteiger partial charge is 0.494 e. The number of hydrogen-bond acceptors (Lipinski definition) is 3. The van der Waals surface area contributed by atoms with E-state index in [9.17, 15) is 9.90 Å². The number of amides is 1. The highest BCUT2D eigenvalue weighted by Crippen LogP contribution is 2.19. The fourth-order valence-electron chi connectivity index (χ4n) is 2.11. The van der Waals surface area contributed by atoms with Crippen molar-refractivity contribution in [2.45, 2.75) is 52.1 Å². The summed E-state index contributed by atoms with van der Waals surface area (Å²) in [6, 6.07) is 7.77. The molecule has 0 aromatic heterocycles. The molecule has 1 aromatic carbocycles. The first-order valence-corrected chi connectivity index (χ1v) is 7.74. The number of para-hydroxylation sites is 1. The van der Waals surface area contributed by atoms with Crippen LogP contribution >= 0.6 is 0 Å². The predicted molar refractivity (Wildman–Crippen MR) is 84.5 cm³/mol. The minimum absolute atomic E-state index is 0.0402. The molecule has 1 aromatic rings. The molecule has 1 amide bonds. The van der Waals surface area contributed by atoms with Crippen LogP contribution in [0, 0.1) is 0 Å². The van der Waals surface area contributed by atoms with Gasteiger partial charge >= 0.3 is 0 Å². The zero-order valence-corrected chi connectivity index (χ0v) is 13.3. The van der Waals surface area contributed by atoms with E-state index in [2.05, 4.69) is 5.32 Å². The Morgan fingerprint density at radius 2 is 1.90 bits per heavy atom. The van der Waals surface area contributed by atoms with Crippen molar-refractivity contribution in [3.8, 4) is 5.75 Å². The fraction of sp³-hybridized carbons (Fsp3) is 0.588. The Labute approximate surface area is 127 Å². The average Bonchev–Trinajstić information content (AvgIpc) is 2.52. The van der Waals surface area contributed by atoms with E-state index in [1.807, 2.05) is 45.0 Å². The molecule has 0 heterocycles. The topological polar surface area (TPSA) is 58.6 Å². The lowest BCUT2D eigenvalue weighted by Gasteiger charge is -2.25. The van der Waals surface area contributed by atoms with Crippen LogP contribution in [-0.2, 0) is 11.2 Å². The molecule has 2 N–H and O–H groups in total. The van der Waals surface area contributed by atoms with Crippen LogP contribution in [-0.4, -0.2) is 29.8 Å². The van der Waals surface area contributed by atoms with Gasteiger partial charge in [-0.1, -0.05) is 32.0 Å². The zero-order chi connectivity index (χ0) is 15.7. The van der Waals surface area contributed by atoms with Gasteiger partial charge in [-0.25, -0.2) is 0 Å². The van der Waals surface area contributed by atoms with Crippen molar-refractivity contribution in [3.63, 3.8) is 0 Å². The molecule has 0 saturated carbocycles. The molecule has 0 unspecified atom stereocenters. The zero-order valence-electron chi connectivity index (χ0n) is 13.3. The second-order valence-electron chi connectivity index (χ2n) is 5.25.